The Balaban J connectivity index is 1.80. The van der Waals surface area contributed by atoms with Gasteiger partial charge in [-0.15, -0.1) is 0 Å². The molecule has 3 aromatic carbocycles. The zero-order valence-electron chi connectivity index (χ0n) is 18.3. The van der Waals surface area contributed by atoms with Crippen molar-refractivity contribution in [1.29, 1.82) is 0 Å². The van der Waals surface area contributed by atoms with E-state index in [0.29, 0.717) is 0 Å². The third-order valence-electron chi connectivity index (χ3n) is 6.44. The van der Waals surface area contributed by atoms with Crippen LogP contribution in [0.25, 0.3) is 0 Å². The summed E-state index contributed by atoms with van der Waals surface area (Å²) < 4.78 is 13.3. The molecule has 0 unspecified atom stereocenters. The van der Waals surface area contributed by atoms with Gasteiger partial charge >= 0.3 is 7.12 Å². The van der Waals surface area contributed by atoms with Gasteiger partial charge in [0.15, 0.2) is 0 Å². The van der Waals surface area contributed by atoms with E-state index >= 15 is 0 Å². The van der Waals surface area contributed by atoms with Gasteiger partial charge in [0.05, 0.1) is 11.2 Å². The predicted octanol–water partition coefficient (Wildman–Crippen LogP) is 4.54. The molecule has 1 aliphatic heterocycles. The molecule has 4 heteroatoms. The quantitative estimate of drug-likeness (QED) is 0.553. The fourth-order valence-corrected chi connectivity index (χ4v) is 7.23. The molecule has 0 spiro atoms. The molecule has 1 atom stereocenters. The summed E-state index contributed by atoms with van der Waals surface area (Å²) in [5.41, 5.74) is 0.884. The number of rotatable bonds is 6. The minimum absolute atomic E-state index is 0.239. The summed E-state index contributed by atoms with van der Waals surface area (Å²) in [7, 11) is -1.41. The van der Waals surface area contributed by atoms with E-state index in [1.807, 2.05) is 0 Å². The lowest BCUT2D eigenvalue weighted by atomic mass is 9.80. The Kier molecular flexibility index (Phi) is 6.01. The molecule has 0 aromatic heterocycles. The fraction of sp³-hybridized carbons (Fsp3) is 0.308. The Labute approximate surface area is 183 Å². The van der Waals surface area contributed by atoms with Gasteiger partial charge in [-0.25, -0.2) is 0 Å². The summed E-state index contributed by atoms with van der Waals surface area (Å²) in [5.74, 6) is 0. The van der Waals surface area contributed by atoms with Gasteiger partial charge in [0, 0.05) is 5.44 Å². The molecule has 1 fully saturated rings. The summed E-state index contributed by atoms with van der Waals surface area (Å²) in [6.07, 6.45) is 0.926. The van der Waals surface area contributed by atoms with Gasteiger partial charge in [-0.1, -0.05) is 101 Å². The molecule has 1 aliphatic rings. The van der Waals surface area contributed by atoms with Crippen LogP contribution in [0.2, 0.25) is 5.44 Å². The highest BCUT2D eigenvalue weighted by Gasteiger charge is 2.55. The predicted molar refractivity (Wildman–Crippen MR) is 128 cm³/mol. The second-order valence-electron chi connectivity index (χ2n) is 9.07. The maximum Gasteiger partial charge on any atom is 0.459 e. The first kappa shape index (κ1) is 21.1. The highest BCUT2D eigenvalue weighted by molar-refractivity contribution is 6.93. The van der Waals surface area contributed by atoms with E-state index in [1.165, 1.54) is 15.9 Å². The maximum absolute atomic E-state index is 6.63. The summed E-state index contributed by atoms with van der Waals surface area (Å²) in [4.78, 5) is 0. The second kappa shape index (κ2) is 8.54. The third kappa shape index (κ3) is 4.32. The van der Waals surface area contributed by atoms with E-state index < -0.39 is 8.80 Å². The molecule has 1 saturated heterocycles. The molecule has 30 heavy (non-hydrogen) atoms. The lowest BCUT2D eigenvalue weighted by Crippen LogP contribution is -2.52. The second-order valence-corrected chi connectivity index (χ2v) is 11.8. The van der Waals surface area contributed by atoms with Crippen LogP contribution in [-0.4, -0.2) is 27.1 Å². The Morgan fingerprint density at radius 2 is 1.07 bits per heavy atom. The van der Waals surface area contributed by atoms with Crippen LogP contribution in [0.3, 0.4) is 0 Å². The zero-order valence-corrected chi connectivity index (χ0v) is 19.3. The van der Waals surface area contributed by atoms with Gasteiger partial charge in [-0.3, -0.25) is 0 Å². The number of hydrogen-bond acceptors (Lipinski definition) is 2. The van der Waals surface area contributed by atoms with E-state index in [4.69, 9.17) is 9.31 Å². The summed E-state index contributed by atoms with van der Waals surface area (Å²) >= 11 is 0. The average molecular weight is 413 g/mol. The monoisotopic (exact) mass is 413 g/mol. The van der Waals surface area contributed by atoms with Crippen LogP contribution >= 0.6 is 0 Å². The van der Waals surface area contributed by atoms with E-state index in [0.717, 1.165) is 6.42 Å². The first-order chi connectivity index (χ1) is 14.4. The van der Waals surface area contributed by atoms with E-state index in [1.54, 1.807) is 0 Å². The molecule has 3 aromatic rings. The van der Waals surface area contributed by atoms with Crippen molar-refractivity contribution in [2.45, 2.75) is 50.8 Å². The van der Waals surface area contributed by atoms with Gasteiger partial charge in [-0.2, -0.15) is 0 Å². The molecule has 1 radical (unpaired) electrons. The van der Waals surface area contributed by atoms with Gasteiger partial charge in [0.25, 0.3) is 0 Å². The zero-order chi connectivity index (χ0) is 21.2. The first-order valence-electron chi connectivity index (χ1n) is 10.7. The Morgan fingerprint density at radius 1 is 0.667 bits per heavy atom. The maximum atomic E-state index is 6.63. The largest absolute Gasteiger partial charge is 0.459 e. The van der Waals surface area contributed by atoms with Crippen molar-refractivity contribution < 1.29 is 9.31 Å². The molecular formula is C26H30BO2Si. The lowest BCUT2D eigenvalue weighted by molar-refractivity contribution is 0.00578. The van der Waals surface area contributed by atoms with E-state index in [-0.39, 0.29) is 23.8 Å². The molecular weight excluding hydrogens is 383 g/mol. The summed E-state index contributed by atoms with van der Waals surface area (Å²) in [6, 6.07) is 32.6. The molecule has 4 rings (SSSR count). The highest BCUT2D eigenvalue weighted by atomic mass is 28.3. The molecule has 0 aliphatic carbocycles. The smallest absolute Gasteiger partial charge is 0.403 e. The van der Waals surface area contributed by atoms with Crippen molar-refractivity contribution in [1.82, 2.24) is 0 Å². The van der Waals surface area contributed by atoms with Crippen LogP contribution in [-0.2, 0) is 15.7 Å². The van der Waals surface area contributed by atoms with Crippen molar-refractivity contribution in [2.75, 3.05) is 0 Å². The SMILES string of the molecule is CC1(C)OB([C@@H](Cc2ccccc2)[Si](c2ccccc2)c2ccccc2)OC1(C)C. The molecule has 2 nitrogen and oxygen atoms in total. The standard InChI is InChI=1S/C26H30BO2Si/c1-25(2)26(3,4)29-27(28-25)24(20-21-14-8-5-9-15-21)30(22-16-10-6-11-17-22)23-18-12-7-13-19-23/h5-19,24H,20H2,1-4H3/t24-/m1/s1. The van der Waals surface area contributed by atoms with Crippen molar-refractivity contribution >= 4 is 26.3 Å². The van der Waals surface area contributed by atoms with Gasteiger partial charge in [-0.05, 0) is 39.7 Å². The van der Waals surface area contributed by atoms with Gasteiger partial charge in [0.1, 0.15) is 8.80 Å². The molecule has 0 bridgehead atoms. The summed E-state index contributed by atoms with van der Waals surface area (Å²) in [6.45, 7) is 8.57. The van der Waals surface area contributed by atoms with E-state index in [9.17, 15) is 0 Å². The molecule has 0 N–H and O–H groups in total. The summed E-state index contributed by atoms with van der Waals surface area (Å²) in [5, 5.41) is 2.79. The molecule has 153 valence electrons. The highest BCUT2D eigenvalue weighted by Crippen LogP contribution is 2.41. The van der Waals surface area contributed by atoms with E-state index in [2.05, 4.69) is 119 Å². The van der Waals surface area contributed by atoms with Crippen molar-refractivity contribution in [3.05, 3.63) is 96.6 Å². The van der Waals surface area contributed by atoms with Crippen LogP contribution in [0.4, 0.5) is 0 Å². The number of hydrogen-bond donors (Lipinski definition) is 0. The van der Waals surface area contributed by atoms with Crippen LogP contribution < -0.4 is 10.4 Å². The average Bonchev–Trinajstić information content (AvgIpc) is 2.97. The third-order valence-corrected chi connectivity index (χ3v) is 9.57. The minimum atomic E-state index is -1.17. The minimum Gasteiger partial charge on any atom is -0.403 e. The fourth-order valence-electron chi connectivity index (χ4n) is 4.09. The van der Waals surface area contributed by atoms with Crippen molar-refractivity contribution in [3.8, 4) is 0 Å². The van der Waals surface area contributed by atoms with Crippen molar-refractivity contribution in [3.63, 3.8) is 0 Å². The molecule has 0 amide bonds. The van der Waals surface area contributed by atoms with Gasteiger partial charge in [0.2, 0.25) is 0 Å². The Bertz CT molecular complexity index is 889. The van der Waals surface area contributed by atoms with Crippen LogP contribution in [0.1, 0.15) is 33.3 Å². The molecule has 1 heterocycles. The van der Waals surface area contributed by atoms with Gasteiger partial charge < -0.3 is 9.31 Å². The van der Waals surface area contributed by atoms with Crippen LogP contribution in [0, 0.1) is 0 Å². The topological polar surface area (TPSA) is 18.5 Å². The van der Waals surface area contributed by atoms with Crippen molar-refractivity contribution in [2.24, 2.45) is 0 Å². The normalized spacial score (nSPS) is 18.5. The molecule has 0 saturated carbocycles. The van der Waals surface area contributed by atoms with Crippen LogP contribution in [0.15, 0.2) is 91.0 Å². The Morgan fingerprint density at radius 3 is 1.50 bits per heavy atom. The van der Waals surface area contributed by atoms with Crippen LogP contribution in [0.5, 0.6) is 0 Å². The number of benzene rings is 3. The first-order valence-corrected chi connectivity index (χ1v) is 12.3. The Hall–Kier alpha value is -2.14. The lowest BCUT2D eigenvalue weighted by Gasteiger charge is -2.32.